The first kappa shape index (κ1) is 18.7. The van der Waals surface area contributed by atoms with Crippen molar-refractivity contribution in [3.8, 4) is 11.5 Å². The van der Waals surface area contributed by atoms with Crippen molar-refractivity contribution in [2.75, 3.05) is 26.1 Å². The molecule has 0 spiro atoms. The zero-order valence-electron chi connectivity index (χ0n) is 15.2. The number of nitrogens with one attached hydrogen (secondary N) is 1. The van der Waals surface area contributed by atoms with Crippen molar-refractivity contribution >= 4 is 39.0 Å². The Bertz CT molecular complexity index is 995. The number of esters is 1. The molecule has 0 unspecified atom stereocenters. The van der Waals surface area contributed by atoms with Crippen LogP contribution in [0.2, 0.25) is 0 Å². The number of rotatable bonds is 6. The van der Waals surface area contributed by atoms with Crippen LogP contribution in [0.1, 0.15) is 15.2 Å². The van der Waals surface area contributed by atoms with Gasteiger partial charge in [0.05, 0.1) is 14.2 Å². The van der Waals surface area contributed by atoms with Gasteiger partial charge in [-0.2, -0.15) is 0 Å². The molecule has 0 aliphatic heterocycles. The van der Waals surface area contributed by atoms with E-state index in [1.165, 1.54) is 25.6 Å². The molecule has 3 rings (SSSR count). The summed E-state index contributed by atoms with van der Waals surface area (Å²) in [6.07, 6.45) is 0. The largest absolute Gasteiger partial charge is 0.494 e. The minimum absolute atomic E-state index is 0.102. The molecule has 0 aliphatic rings. The lowest BCUT2D eigenvalue weighted by Gasteiger charge is -2.08. The molecule has 27 heavy (non-hydrogen) atoms. The molecular formula is C20H19NO5S. The van der Waals surface area contributed by atoms with Gasteiger partial charge < -0.3 is 19.5 Å². The first-order chi connectivity index (χ1) is 13.0. The van der Waals surface area contributed by atoms with Crippen molar-refractivity contribution in [3.63, 3.8) is 0 Å². The Labute approximate surface area is 160 Å². The van der Waals surface area contributed by atoms with Crippen molar-refractivity contribution < 1.29 is 23.8 Å². The molecule has 6 nitrogen and oxygen atoms in total. The predicted molar refractivity (Wildman–Crippen MR) is 105 cm³/mol. The van der Waals surface area contributed by atoms with E-state index in [9.17, 15) is 9.59 Å². The Kier molecular flexibility index (Phi) is 5.61. The highest BCUT2D eigenvalue weighted by atomic mass is 32.1. The molecule has 2 aromatic carbocycles. The van der Waals surface area contributed by atoms with E-state index in [1.807, 2.05) is 31.2 Å². The number of fused-ring (bicyclic) bond motifs is 1. The SMILES string of the molecule is COC(=O)c1sc2ccc(NC(=O)COc3cccc(C)c3)cc2c1OC. The van der Waals surface area contributed by atoms with Crippen LogP contribution in [0.5, 0.6) is 11.5 Å². The van der Waals surface area contributed by atoms with Gasteiger partial charge in [-0.15, -0.1) is 11.3 Å². The van der Waals surface area contributed by atoms with Gasteiger partial charge in [0, 0.05) is 15.8 Å². The van der Waals surface area contributed by atoms with E-state index in [0.717, 1.165) is 15.6 Å². The van der Waals surface area contributed by atoms with E-state index in [4.69, 9.17) is 14.2 Å². The predicted octanol–water partition coefficient (Wildman–Crippen LogP) is 4.02. The normalized spacial score (nSPS) is 10.5. The van der Waals surface area contributed by atoms with Crippen molar-refractivity contribution in [3.05, 3.63) is 52.9 Å². The van der Waals surface area contributed by atoms with Crippen LogP contribution >= 0.6 is 11.3 Å². The van der Waals surface area contributed by atoms with Crippen molar-refractivity contribution in [1.29, 1.82) is 0 Å². The monoisotopic (exact) mass is 385 g/mol. The average Bonchev–Trinajstić information content (AvgIpc) is 3.03. The lowest BCUT2D eigenvalue weighted by atomic mass is 10.2. The highest BCUT2D eigenvalue weighted by molar-refractivity contribution is 7.21. The number of amides is 1. The van der Waals surface area contributed by atoms with Crippen molar-refractivity contribution in [1.82, 2.24) is 0 Å². The summed E-state index contributed by atoms with van der Waals surface area (Å²) in [5.74, 6) is 0.347. The van der Waals surface area contributed by atoms with Crippen LogP contribution < -0.4 is 14.8 Å². The Morgan fingerprint density at radius 3 is 2.63 bits per heavy atom. The molecule has 0 saturated carbocycles. The number of carbonyl (C=O) groups excluding carboxylic acids is 2. The molecule has 0 atom stereocenters. The first-order valence-electron chi connectivity index (χ1n) is 8.20. The lowest BCUT2D eigenvalue weighted by Crippen LogP contribution is -2.20. The maximum atomic E-state index is 12.2. The fraction of sp³-hybridized carbons (Fsp3) is 0.200. The van der Waals surface area contributed by atoms with E-state index in [0.29, 0.717) is 22.1 Å². The standard InChI is InChI=1S/C20H19NO5S/c1-12-5-4-6-14(9-12)26-11-17(22)21-13-7-8-16-15(10-13)18(24-2)19(27-16)20(23)25-3/h4-10H,11H2,1-3H3,(H,21,22). The summed E-state index contributed by atoms with van der Waals surface area (Å²) in [7, 11) is 2.82. The molecular weight excluding hydrogens is 366 g/mol. The molecule has 0 bridgehead atoms. The fourth-order valence-electron chi connectivity index (χ4n) is 2.63. The molecule has 0 aliphatic carbocycles. The summed E-state index contributed by atoms with van der Waals surface area (Å²) < 4.78 is 16.5. The van der Waals surface area contributed by atoms with Gasteiger partial charge in [-0.3, -0.25) is 4.79 Å². The van der Waals surface area contributed by atoms with Gasteiger partial charge in [0.1, 0.15) is 5.75 Å². The number of ether oxygens (including phenoxy) is 3. The molecule has 1 heterocycles. The summed E-state index contributed by atoms with van der Waals surface area (Å²) in [6.45, 7) is 1.86. The van der Waals surface area contributed by atoms with Crippen molar-refractivity contribution in [2.24, 2.45) is 0 Å². The van der Waals surface area contributed by atoms with Gasteiger partial charge in [-0.25, -0.2) is 4.79 Å². The lowest BCUT2D eigenvalue weighted by molar-refractivity contribution is -0.118. The Morgan fingerprint density at radius 2 is 1.93 bits per heavy atom. The molecule has 1 amide bonds. The number of carbonyl (C=O) groups is 2. The third kappa shape index (κ3) is 4.20. The second-order valence-electron chi connectivity index (χ2n) is 5.82. The summed E-state index contributed by atoms with van der Waals surface area (Å²) in [4.78, 5) is 24.5. The minimum atomic E-state index is -0.454. The molecule has 0 saturated heterocycles. The quantitative estimate of drug-likeness (QED) is 0.649. The number of aryl methyl sites for hydroxylation is 1. The van der Waals surface area contributed by atoms with Crippen LogP contribution in [-0.2, 0) is 9.53 Å². The van der Waals surface area contributed by atoms with Crippen LogP contribution in [0.25, 0.3) is 10.1 Å². The third-order valence-electron chi connectivity index (χ3n) is 3.86. The maximum absolute atomic E-state index is 12.2. The number of methoxy groups -OCH3 is 2. The molecule has 3 aromatic rings. The van der Waals surface area contributed by atoms with Crippen LogP contribution in [0, 0.1) is 6.92 Å². The zero-order chi connectivity index (χ0) is 19.4. The number of thiophene rings is 1. The van der Waals surface area contributed by atoms with Crippen LogP contribution in [0.4, 0.5) is 5.69 Å². The van der Waals surface area contributed by atoms with Crippen LogP contribution in [-0.4, -0.2) is 32.7 Å². The summed E-state index contributed by atoms with van der Waals surface area (Å²) >= 11 is 1.28. The summed E-state index contributed by atoms with van der Waals surface area (Å²) in [6, 6.07) is 12.9. The molecule has 0 radical (unpaired) electrons. The maximum Gasteiger partial charge on any atom is 0.351 e. The summed E-state index contributed by atoms with van der Waals surface area (Å²) in [5, 5.41) is 3.53. The van der Waals surface area contributed by atoms with Gasteiger partial charge in [0.15, 0.2) is 17.2 Å². The van der Waals surface area contributed by atoms with Crippen LogP contribution in [0.15, 0.2) is 42.5 Å². The minimum Gasteiger partial charge on any atom is -0.494 e. The second kappa shape index (κ2) is 8.09. The van der Waals surface area contributed by atoms with Gasteiger partial charge in [-0.1, -0.05) is 12.1 Å². The van der Waals surface area contributed by atoms with Crippen LogP contribution in [0.3, 0.4) is 0 Å². The average molecular weight is 385 g/mol. The van der Waals surface area contributed by atoms with E-state index in [1.54, 1.807) is 18.2 Å². The van der Waals surface area contributed by atoms with E-state index < -0.39 is 5.97 Å². The Morgan fingerprint density at radius 1 is 1.11 bits per heavy atom. The highest BCUT2D eigenvalue weighted by Crippen LogP contribution is 2.39. The van der Waals surface area contributed by atoms with Gasteiger partial charge >= 0.3 is 5.97 Å². The number of hydrogen-bond donors (Lipinski definition) is 1. The van der Waals surface area contributed by atoms with E-state index >= 15 is 0 Å². The Balaban J connectivity index is 1.74. The van der Waals surface area contributed by atoms with Gasteiger partial charge in [0.2, 0.25) is 0 Å². The second-order valence-corrected chi connectivity index (χ2v) is 6.87. The topological polar surface area (TPSA) is 73.9 Å². The van der Waals surface area contributed by atoms with E-state index in [-0.39, 0.29) is 12.5 Å². The van der Waals surface area contributed by atoms with Crippen molar-refractivity contribution in [2.45, 2.75) is 6.92 Å². The highest BCUT2D eigenvalue weighted by Gasteiger charge is 2.20. The molecule has 1 N–H and O–H groups in total. The van der Waals surface area contributed by atoms with E-state index in [2.05, 4.69) is 5.32 Å². The summed E-state index contributed by atoms with van der Waals surface area (Å²) in [5.41, 5.74) is 1.65. The smallest absolute Gasteiger partial charge is 0.351 e. The third-order valence-corrected chi connectivity index (χ3v) is 4.99. The first-order valence-corrected chi connectivity index (χ1v) is 9.01. The van der Waals surface area contributed by atoms with Gasteiger partial charge in [0.25, 0.3) is 5.91 Å². The number of anilines is 1. The number of hydrogen-bond acceptors (Lipinski definition) is 6. The molecule has 140 valence electrons. The Hall–Kier alpha value is -3.06. The molecule has 1 aromatic heterocycles. The zero-order valence-corrected chi connectivity index (χ0v) is 16.0. The number of benzene rings is 2. The molecule has 7 heteroatoms. The molecule has 0 fully saturated rings. The fourth-order valence-corrected chi connectivity index (χ4v) is 3.70. The van der Waals surface area contributed by atoms with Gasteiger partial charge in [-0.05, 0) is 42.8 Å².